The number of hydrogen-bond acceptors (Lipinski definition) is 4. The standard InChI is InChI=1S/C17H28N4/c1-13-10-14(2)19-17(16(13)11-18-3)21-8-6-20(7-9-21)12-15-4-5-15/h10,15,18H,4-9,11-12H2,1-3H3. The summed E-state index contributed by atoms with van der Waals surface area (Å²) in [7, 11) is 2.01. The van der Waals surface area contributed by atoms with Crippen molar-refractivity contribution >= 4 is 5.82 Å². The van der Waals surface area contributed by atoms with Crippen LogP contribution in [-0.4, -0.2) is 49.7 Å². The van der Waals surface area contributed by atoms with E-state index in [1.165, 1.54) is 49.4 Å². The molecule has 3 rings (SSSR count). The molecular formula is C17H28N4. The third-order valence-electron chi connectivity index (χ3n) is 4.69. The average molecular weight is 288 g/mol. The van der Waals surface area contributed by atoms with Crippen LogP contribution in [0.5, 0.6) is 0 Å². The third-order valence-corrected chi connectivity index (χ3v) is 4.69. The molecule has 2 fully saturated rings. The van der Waals surface area contributed by atoms with Crippen LogP contribution in [0.3, 0.4) is 0 Å². The Morgan fingerprint density at radius 2 is 1.90 bits per heavy atom. The maximum Gasteiger partial charge on any atom is 0.133 e. The van der Waals surface area contributed by atoms with Gasteiger partial charge in [0.15, 0.2) is 0 Å². The molecule has 0 atom stereocenters. The lowest BCUT2D eigenvalue weighted by Gasteiger charge is -2.36. The van der Waals surface area contributed by atoms with Gasteiger partial charge in [-0.1, -0.05) is 0 Å². The number of piperazine rings is 1. The van der Waals surface area contributed by atoms with E-state index in [2.05, 4.69) is 35.0 Å². The van der Waals surface area contributed by atoms with Crippen LogP contribution >= 0.6 is 0 Å². The van der Waals surface area contributed by atoms with Gasteiger partial charge in [0, 0.05) is 50.5 Å². The highest BCUT2D eigenvalue weighted by molar-refractivity contribution is 5.52. The van der Waals surface area contributed by atoms with Crippen LogP contribution in [0.25, 0.3) is 0 Å². The zero-order valence-corrected chi connectivity index (χ0v) is 13.7. The predicted octanol–water partition coefficient (Wildman–Crippen LogP) is 1.95. The Balaban J connectivity index is 1.71. The van der Waals surface area contributed by atoms with Crippen molar-refractivity contribution in [1.82, 2.24) is 15.2 Å². The van der Waals surface area contributed by atoms with Crippen LogP contribution in [0.2, 0.25) is 0 Å². The van der Waals surface area contributed by atoms with E-state index in [1.54, 1.807) is 0 Å². The molecule has 4 nitrogen and oxygen atoms in total. The second kappa shape index (κ2) is 6.32. The van der Waals surface area contributed by atoms with Crippen LogP contribution in [0.15, 0.2) is 6.07 Å². The van der Waals surface area contributed by atoms with Gasteiger partial charge in [-0.05, 0) is 51.3 Å². The smallest absolute Gasteiger partial charge is 0.133 e. The number of hydrogen-bond donors (Lipinski definition) is 1. The molecule has 0 radical (unpaired) electrons. The van der Waals surface area contributed by atoms with E-state index in [0.717, 1.165) is 31.2 Å². The lowest BCUT2D eigenvalue weighted by molar-refractivity contribution is 0.247. The van der Waals surface area contributed by atoms with Crippen LogP contribution in [0.4, 0.5) is 5.82 Å². The Kier molecular flexibility index (Phi) is 4.45. The van der Waals surface area contributed by atoms with Crippen molar-refractivity contribution in [2.24, 2.45) is 5.92 Å². The van der Waals surface area contributed by atoms with Gasteiger partial charge in [-0.2, -0.15) is 0 Å². The molecule has 1 aromatic rings. The minimum absolute atomic E-state index is 0.900. The van der Waals surface area contributed by atoms with Gasteiger partial charge in [0.05, 0.1) is 0 Å². The van der Waals surface area contributed by atoms with Gasteiger partial charge in [0.25, 0.3) is 0 Å². The van der Waals surface area contributed by atoms with Crippen LogP contribution in [0.1, 0.15) is 29.7 Å². The first-order valence-corrected chi connectivity index (χ1v) is 8.26. The Morgan fingerprint density at radius 3 is 2.52 bits per heavy atom. The highest BCUT2D eigenvalue weighted by atomic mass is 15.3. The first-order valence-electron chi connectivity index (χ1n) is 8.26. The molecule has 0 bridgehead atoms. The molecule has 2 aliphatic rings. The minimum Gasteiger partial charge on any atom is -0.354 e. The van der Waals surface area contributed by atoms with Crippen molar-refractivity contribution in [3.8, 4) is 0 Å². The minimum atomic E-state index is 0.900. The normalized spacial score (nSPS) is 20.0. The van der Waals surface area contributed by atoms with Crippen molar-refractivity contribution in [2.75, 3.05) is 44.7 Å². The van der Waals surface area contributed by atoms with E-state index in [1.807, 2.05) is 7.05 Å². The second-order valence-electron chi connectivity index (χ2n) is 6.64. The largest absolute Gasteiger partial charge is 0.354 e. The van der Waals surface area contributed by atoms with Gasteiger partial charge in [0.1, 0.15) is 5.82 Å². The van der Waals surface area contributed by atoms with Crippen molar-refractivity contribution in [2.45, 2.75) is 33.2 Å². The van der Waals surface area contributed by atoms with Crippen molar-refractivity contribution < 1.29 is 0 Å². The second-order valence-corrected chi connectivity index (χ2v) is 6.64. The molecule has 4 heteroatoms. The van der Waals surface area contributed by atoms with E-state index >= 15 is 0 Å². The summed E-state index contributed by atoms with van der Waals surface area (Å²) in [5, 5.41) is 3.29. The molecule has 1 aliphatic heterocycles. The van der Waals surface area contributed by atoms with Crippen molar-refractivity contribution in [1.29, 1.82) is 0 Å². The summed E-state index contributed by atoms with van der Waals surface area (Å²) in [5.74, 6) is 2.20. The Bertz CT molecular complexity index is 488. The topological polar surface area (TPSA) is 31.4 Å². The fraction of sp³-hybridized carbons (Fsp3) is 0.706. The van der Waals surface area contributed by atoms with Gasteiger partial charge in [0.2, 0.25) is 0 Å². The summed E-state index contributed by atoms with van der Waals surface area (Å²) in [6.07, 6.45) is 2.90. The molecule has 1 aliphatic carbocycles. The monoisotopic (exact) mass is 288 g/mol. The number of aromatic nitrogens is 1. The van der Waals surface area contributed by atoms with E-state index in [9.17, 15) is 0 Å². The molecule has 1 aromatic heterocycles. The highest BCUT2D eigenvalue weighted by Gasteiger charge is 2.27. The molecule has 1 N–H and O–H groups in total. The molecule has 116 valence electrons. The lowest BCUT2D eigenvalue weighted by Crippen LogP contribution is -2.47. The molecular weight excluding hydrogens is 260 g/mol. The number of aryl methyl sites for hydroxylation is 2. The number of nitrogens with zero attached hydrogens (tertiary/aromatic N) is 3. The van der Waals surface area contributed by atoms with E-state index in [-0.39, 0.29) is 0 Å². The summed E-state index contributed by atoms with van der Waals surface area (Å²) in [5.41, 5.74) is 3.84. The fourth-order valence-corrected chi connectivity index (χ4v) is 3.31. The number of nitrogens with one attached hydrogen (secondary N) is 1. The highest BCUT2D eigenvalue weighted by Crippen LogP contribution is 2.30. The first-order chi connectivity index (χ1) is 10.2. The van der Waals surface area contributed by atoms with E-state index < -0.39 is 0 Å². The maximum absolute atomic E-state index is 4.84. The van der Waals surface area contributed by atoms with Gasteiger partial charge in [-0.15, -0.1) is 0 Å². The Labute approximate surface area is 128 Å². The van der Waals surface area contributed by atoms with E-state index in [4.69, 9.17) is 4.98 Å². The lowest BCUT2D eigenvalue weighted by atomic mass is 10.1. The molecule has 1 saturated heterocycles. The predicted molar refractivity (Wildman–Crippen MR) is 87.9 cm³/mol. The van der Waals surface area contributed by atoms with Gasteiger partial charge in [-0.25, -0.2) is 4.98 Å². The van der Waals surface area contributed by atoms with Crippen molar-refractivity contribution in [3.05, 3.63) is 22.9 Å². The zero-order valence-electron chi connectivity index (χ0n) is 13.7. The molecule has 21 heavy (non-hydrogen) atoms. The number of pyridine rings is 1. The van der Waals surface area contributed by atoms with Gasteiger partial charge < -0.3 is 10.2 Å². The van der Waals surface area contributed by atoms with Crippen LogP contribution in [0, 0.1) is 19.8 Å². The third kappa shape index (κ3) is 3.55. The van der Waals surface area contributed by atoms with Crippen LogP contribution in [-0.2, 0) is 6.54 Å². The van der Waals surface area contributed by atoms with Crippen molar-refractivity contribution in [3.63, 3.8) is 0 Å². The summed E-state index contributed by atoms with van der Waals surface area (Å²) in [6.45, 7) is 11.1. The average Bonchev–Trinajstić information content (AvgIpc) is 3.26. The van der Waals surface area contributed by atoms with Gasteiger partial charge >= 0.3 is 0 Å². The van der Waals surface area contributed by atoms with Crippen LogP contribution < -0.4 is 10.2 Å². The molecule has 0 amide bonds. The van der Waals surface area contributed by atoms with E-state index in [0.29, 0.717) is 0 Å². The molecule has 2 heterocycles. The molecule has 0 unspecified atom stereocenters. The zero-order chi connectivity index (χ0) is 14.8. The van der Waals surface area contributed by atoms with Gasteiger partial charge in [-0.3, -0.25) is 4.90 Å². The molecule has 1 saturated carbocycles. The first kappa shape index (κ1) is 14.8. The SMILES string of the molecule is CNCc1c(C)cc(C)nc1N1CCN(CC2CC2)CC1. The summed E-state index contributed by atoms with van der Waals surface area (Å²) in [6, 6.07) is 2.19. The summed E-state index contributed by atoms with van der Waals surface area (Å²) >= 11 is 0. The molecule has 0 aromatic carbocycles. The Hall–Kier alpha value is -1.13. The number of anilines is 1. The maximum atomic E-state index is 4.84. The Morgan fingerprint density at radius 1 is 1.19 bits per heavy atom. The summed E-state index contributed by atoms with van der Waals surface area (Å²) in [4.78, 5) is 9.96. The fourth-order valence-electron chi connectivity index (χ4n) is 3.31. The molecule has 0 spiro atoms. The quantitative estimate of drug-likeness (QED) is 0.897. The number of rotatable bonds is 5. The summed E-state index contributed by atoms with van der Waals surface area (Å²) < 4.78 is 0.